The molecule has 0 saturated carbocycles. The summed E-state index contributed by atoms with van der Waals surface area (Å²) in [5.74, 6) is 1.59. The third-order valence-corrected chi connectivity index (χ3v) is 5.89. The molecule has 0 aliphatic carbocycles. The number of benzene rings is 2. The molecule has 1 aliphatic heterocycles. The van der Waals surface area contributed by atoms with E-state index < -0.39 is 6.17 Å². The van der Waals surface area contributed by atoms with E-state index in [-0.39, 0.29) is 5.91 Å². The van der Waals surface area contributed by atoms with E-state index in [9.17, 15) is 4.79 Å². The van der Waals surface area contributed by atoms with Crippen LogP contribution in [-0.4, -0.2) is 38.5 Å². The number of carbonyl (C=O) groups excluding carboxylic acids is 1. The largest absolute Gasteiger partial charge is 0.497 e. The maximum absolute atomic E-state index is 13.4. The van der Waals surface area contributed by atoms with Gasteiger partial charge in [-0.2, -0.15) is 0 Å². The van der Waals surface area contributed by atoms with Crippen LogP contribution in [0.5, 0.6) is 5.75 Å². The van der Waals surface area contributed by atoms with Gasteiger partial charge in [0.15, 0.2) is 12.0 Å². The van der Waals surface area contributed by atoms with E-state index in [0.717, 1.165) is 27.7 Å². The monoisotopic (exact) mass is 464 g/mol. The minimum absolute atomic E-state index is 0.320. The van der Waals surface area contributed by atoms with Gasteiger partial charge in [0.1, 0.15) is 17.3 Å². The van der Waals surface area contributed by atoms with Crippen molar-refractivity contribution in [2.24, 2.45) is 4.99 Å². The molecule has 0 saturated heterocycles. The first-order valence-corrected chi connectivity index (χ1v) is 11.1. The topological polar surface area (TPSA) is 97.2 Å². The number of H-pyrrole nitrogens is 1. The molecule has 4 aromatic rings. The Hall–Kier alpha value is -4.72. The van der Waals surface area contributed by atoms with E-state index in [2.05, 4.69) is 33.7 Å². The Morgan fingerprint density at radius 3 is 2.77 bits per heavy atom. The Morgan fingerprint density at radius 1 is 1.17 bits per heavy atom. The smallest absolute Gasteiger partial charge is 0.269 e. The van der Waals surface area contributed by atoms with E-state index >= 15 is 0 Å². The van der Waals surface area contributed by atoms with E-state index in [4.69, 9.17) is 9.73 Å². The summed E-state index contributed by atoms with van der Waals surface area (Å²) < 4.78 is 7.21. The fraction of sp³-hybridized carbons (Fsp3) is 0.111. The van der Waals surface area contributed by atoms with Gasteiger partial charge in [-0.15, -0.1) is 10.2 Å². The molecule has 174 valence electrons. The van der Waals surface area contributed by atoms with E-state index in [1.54, 1.807) is 25.3 Å². The highest BCUT2D eigenvalue weighted by atomic mass is 16.5. The second kappa shape index (κ2) is 8.90. The molecule has 2 N–H and O–H groups in total. The number of hydrogen-bond acceptors (Lipinski definition) is 5. The lowest BCUT2D eigenvalue weighted by Gasteiger charge is -2.14. The molecule has 0 bridgehead atoms. The summed E-state index contributed by atoms with van der Waals surface area (Å²) in [6.07, 6.45) is 4.46. The number of aryl methyl sites for hydroxylation is 1. The van der Waals surface area contributed by atoms with Crippen LogP contribution in [0.3, 0.4) is 0 Å². The molecule has 2 aromatic heterocycles. The van der Waals surface area contributed by atoms with Crippen LogP contribution in [-0.2, 0) is 0 Å². The van der Waals surface area contributed by atoms with Crippen molar-refractivity contribution < 1.29 is 9.53 Å². The molecular weight excluding hydrogens is 440 g/mol. The van der Waals surface area contributed by atoms with Crippen LogP contribution in [0.2, 0.25) is 0 Å². The molecule has 8 nitrogen and oxygen atoms in total. The van der Waals surface area contributed by atoms with Gasteiger partial charge in [-0.3, -0.25) is 14.4 Å². The predicted molar refractivity (Wildman–Crippen MR) is 136 cm³/mol. The molecule has 3 heterocycles. The number of carbonyl (C=O) groups is 1. The van der Waals surface area contributed by atoms with E-state index in [0.29, 0.717) is 28.8 Å². The number of methoxy groups -OCH3 is 1. The van der Waals surface area contributed by atoms with Gasteiger partial charge in [0, 0.05) is 22.5 Å². The Bertz CT molecular complexity index is 1540. The number of ether oxygens (including phenoxy) is 1. The second-order valence-corrected chi connectivity index (χ2v) is 8.01. The summed E-state index contributed by atoms with van der Waals surface area (Å²) in [6.45, 7) is 9.64. The Kier molecular flexibility index (Phi) is 5.62. The van der Waals surface area contributed by atoms with Gasteiger partial charge in [0.2, 0.25) is 0 Å². The van der Waals surface area contributed by atoms with Crippen LogP contribution in [0.25, 0.3) is 16.6 Å². The lowest BCUT2D eigenvalue weighted by Crippen LogP contribution is -2.29. The Balaban J connectivity index is 1.62. The van der Waals surface area contributed by atoms with Crippen molar-refractivity contribution in [2.45, 2.75) is 13.1 Å². The Labute approximate surface area is 202 Å². The molecule has 2 aromatic carbocycles. The molecular formula is C27H24N6O2. The molecule has 35 heavy (non-hydrogen) atoms. The molecule has 1 unspecified atom stereocenters. The van der Waals surface area contributed by atoms with Crippen molar-refractivity contribution in [3.05, 3.63) is 108 Å². The summed E-state index contributed by atoms with van der Waals surface area (Å²) in [5, 5.41) is 12.6. The van der Waals surface area contributed by atoms with Crippen LogP contribution in [0.15, 0.2) is 90.5 Å². The number of nitrogens with one attached hydrogen (secondary N) is 2. The molecule has 1 atom stereocenters. The summed E-state index contributed by atoms with van der Waals surface area (Å²) in [4.78, 5) is 21.5. The quantitative estimate of drug-likeness (QED) is 0.408. The van der Waals surface area contributed by atoms with Crippen molar-refractivity contribution in [3.63, 3.8) is 0 Å². The number of amides is 1. The lowest BCUT2D eigenvalue weighted by atomic mass is 10.00. The molecule has 1 aliphatic rings. The number of aromatic amines is 1. The molecule has 0 radical (unpaired) electrons. The molecule has 5 rings (SSSR count). The minimum Gasteiger partial charge on any atom is -0.497 e. The second-order valence-electron chi connectivity index (χ2n) is 8.01. The summed E-state index contributed by atoms with van der Waals surface area (Å²) >= 11 is 0. The first-order chi connectivity index (χ1) is 17.0. The van der Waals surface area contributed by atoms with Crippen LogP contribution in [0.1, 0.15) is 33.9 Å². The number of rotatable bonds is 6. The zero-order valence-corrected chi connectivity index (χ0v) is 19.4. The summed E-state index contributed by atoms with van der Waals surface area (Å²) in [6, 6.07) is 15.2. The molecule has 0 fully saturated rings. The molecule has 0 spiro atoms. The summed E-state index contributed by atoms with van der Waals surface area (Å²) in [7, 11) is 1.60. The zero-order chi connectivity index (χ0) is 24.5. The fourth-order valence-electron chi connectivity index (χ4n) is 4.23. The van der Waals surface area contributed by atoms with Crippen molar-refractivity contribution in [3.8, 4) is 11.4 Å². The van der Waals surface area contributed by atoms with Crippen molar-refractivity contribution in [2.75, 3.05) is 7.11 Å². The van der Waals surface area contributed by atoms with Gasteiger partial charge in [-0.25, -0.2) is 0 Å². The van der Waals surface area contributed by atoms with Gasteiger partial charge < -0.3 is 15.0 Å². The maximum Gasteiger partial charge on any atom is 0.269 e. The fourth-order valence-corrected chi connectivity index (χ4v) is 4.23. The number of aliphatic imine (C=N–C) groups is 1. The van der Waals surface area contributed by atoms with Gasteiger partial charge in [0.25, 0.3) is 5.91 Å². The van der Waals surface area contributed by atoms with Gasteiger partial charge in [0.05, 0.1) is 18.5 Å². The highest BCUT2D eigenvalue weighted by molar-refractivity contribution is 6.16. The van der Waals surface area contributed by atoms with Crippen molar-refractivity contribution >= 4 is 22.5 Å². The average Bonchev–Trinajstić information content (AvgIpc) is 3.45. The normalized spacial score (nSPS) is 15.0. The van der Waals surface area contributed by atoms with Gasteiger partial charge in [-0.05, 0) is 36.8 Å². The molecule has 8 heteroatoms. The van der Waals surface area contributed by atoms with Crippen molar-refractivity contribution in [1.29, 1.82) is 0 Å². The lowest BCUT2D eigenvalue weighted by molar-refractivity contribution is 0.0932. The maximum atomic E-state index is 13.4. The third kappa shape index (κ3) is 3.85. The number of allylic oxidation sites excluding steroid dienone is 4. The standard InChI is InChI=1S/C27H24N6O2/c1-5-9-17(6-2)24-20-10-7-8-11-23(20)33-16(3)31-32-26(33)25(29-24)30-27(34)22-14-18-12-13-19(35-4)15-21(18)28-22/h5-15,25,28H,1-2H2,3-4H3,(H,30,34)/b17-9+. The average molecular weight is 465 g/mol. The highest BCUT2D eigenvalue weighted by Gasteiger charge is 2.29. The number of hydrogen-bond donors (Lipinski definition) is 2. The van der Waals surface area contributed by atoms with Crippen LogP contribution < -0.4 is 10.1 Å². The zero-order valence-electron chi connectivity index (χ0n) is 19.4. The van der Waals surface area contributed by atoms with Gasteiger partial charge >= 0.3 is 0 Å². The van der Waals surface area contributed by atoms with E-state index in [1.807, 2.05) is 60.0 Å². The van der Waals surface area contributed by atoms with E-state index in [1.165, 1.54) is 0 Å². The van der Waals surface area contributed by atoms with Crippen molar-refractivity contribution in [1.82, 2.24) is 25.1 Å². The minimum atomic E-state index is -0.791. The Morgan fingerprint density at radius 2 is 2.00 bits per heavy atom. The van der Waals surface area contributed by atoms with Crippen LogP contribution in [0, 0.1) is 6.92 Å². The van der Waals surface area contributed by atoms with Gasteiger partial charge in [-0.1, -0.05) is 49.6 Å². The highest BCUT2D eigenvalue weighted by Crippen LogP contribution is 2.30. The number of para-hydroxylation sites is 1. The third-order valence-electron chi connectivity index (χ3n) is 5.89. The molecule has 1 amide bonds. The number of aromatic nitrogens is 4. The SMILES string of the molecule is C=C/C=C(\C=C)C1=NC(NC(=O)c2cc3ccc(OC)cc3[nH]2)c2nnc(C)n2-c2ccccc21. The first-order valence-electron chi connectivity index (χ1n) is 11.1. The predicted octanol–water partition coefficient (Wildman–Crippen LogP) is 4.60. The van der Waals surface area contributed by atoms with Crippen LogP contribution in [0.4, 0.5) is 0 Å². The number of nitrogens with zero attached hydrogens (tertiary/aromatic N) is 4. The first kappa shape index (κ1) is 22.1. The number of fused-ring (bicyclic) bond motifs is 4. The van der Waals surface area contributed by atoms with Crippen LogP contribution >= 0.6 is 0 Å². The summed E-state index contributed by atoms with van der Waals surface area (Å²) in [5.41, 5.74) is 4.40.